The summed E-state index contributed by atoms with van der Waals surface area (Å²) in [4.78, 5) is 0. The van der Waals surface area contributed by atoms with Gasteiger partial charge in [0.2, 0.25) is 0 Å². The summed E-state index contributed by atoms with van der Waals surface area (Å²) in [6, 6.07) is 27.0. The molecule has 0 spiro atoms. The molecule has 0 aliphatic heterocycles. The number of rotatable bonds is 4. The summed E-state index contributed by atoms with van der Waals surface area (Å²) in [6.45, 7) is 0. The van der Waals surface area contributed by atoms with Gasteiger partial charge in [-0.15, -0.1) is 0 Å². The molecule has 3 rings (SSSR count). The fraction of sp³-hybridized carbons (Fsp3) is 0. The molecular formula is C22H17Br. The molecule has 3 aromatic rings. The van der Waals surface area contributed by atoms with E-state index in [0.717, 1.165) is 4.47 Å². The van der Waals surface area contributed by atoms with Crippen molar-refractivity contribution in [3.05, 3.63) is 106 Å². The lowest BCUT2D eigenvalue weighted by molar-refractivity contribution is 1.56. The van der Waals surface area contributed by atoms with Gasteiger partial charge in [-0.25, -0.2) is 0 Å². The highest BCUT2D eigenvalue weighted by atomic mass is 79.9. The molecule has 0 amide bonds. The summed E-state index contributed by atoms with van der Waals surface area (Å²) in [5.74, 6) is 0. The monoisotopic (exact) mass is 360 g/mol. The Morgan fingerprint density at radius 2 is 0.913 bits per heavy atom. The van der Waals surface area contributed by atoms with Crippen LogP contribution in [0.1, 0.15) is 22.3 Å². The molecule has 0 heterocycles. The van der Waals surface area contributed by atoms with Gasteiger partial charge in [-0.2, -0.15) is 0 Å². The van der Waals surface area contributed by atoms with Crippen molar-refractivity contribution in [2.24, 2.45) is 0 Å². The first-order valence-electron chi connectivity index (χ1n) is 7.58. The van der Waals surface area contributed by atoms with Crippen molar-refractivity contribution in [3.8, 4) is 0 Å². The Kier molecular flexibility index (Phi) is 5.23. The molecule has 112 valence electrons. The van der Waals surface area contributed by atoms with E-state index in [1.165, 1.54) is 22.3 Å². The van der Waals surface area contributed by atoms with Crippen LogP contribution in [0.15, 0.2) is 83.3 Å². The highest BCUT2D eigenvalue weighted by Gasteiger charge is 2.00. The van der Waals surface area contributed by atoms with Crippen molar-refractivity contribution in [2.75, 3.05) is 0 Å². The molecule has 23 heavy (non-hydrogen) atoms. The highest BCUT2D eigenvalue weighted by molar-refractivity contribution is 9.10. The maximum Gasteiger partial charge on any atom is 0.0320 e. The van der Waals surface area contributed by atoms with Gasteiger partial charge in [-0.05, 0) is 38.2 Å². The number of hydrogen-bond donors (Lipinski definition) is 0. The van der Waals surface area contributed by atoms with E-state index in [1.54, 1.807) is 0 Å². The highest BCUT2D eigenvalue weighted by Crippen LogP contribution is 2.25. The molecule has 0 nitrogen and oxygen atoms in total. The molecule has 0 N–H and O–H groups in total. The molecule has 0 atom stereocenters. The van der Waals surface area contributed by atoms with E-state index in [0.29, 0.717) is 0 Å². The van der Waals surface area contributed by atoms with E-state index in [9.17, 15) is 0 Å². The second-order valence-corrected chi connectivity index (χ2v) is 6.03. The van der Waals surface area contributed by atoms with Gasteiger partial charge in [-0.3, -0.25) is 0 Å². The molecular weight excluding hydrogens is 344 g/mol. The second-order valence-electron chi connectivity index (χ2n) is 5.24. The van der Waals surface area contributed by atoms with Crippen LogP contribution in [0.5, 0.6) is 0 Å². The van der Waals surface area contributed by atoms with Crippen molar-refractivity contribution in [1.82, 2.24) is 0 Å². The van der Waals surface area contributed by atoms with E-state index in [-0.39, 0.29) is 0 Å². The topological polar surface area (TPSA) is 0 Å². The Hall–Kier alpha value is -2.38. The van der Waals surface area contributed by atoms with Crippen LogP contribution in [-0.4, -0.2) is 0 Å². The lowest BCUT2D eigenvalue weighted by Gasteiger charge is -2.03. The molecule has 0 radical (unpaired) electrons. The zero-order valence-corrected chi connectivity index (χ0v) is 14.3. The van der Waals surface area contributed by atoms with Crippen LogP contribution in [0.3, 0.4) is 0 Å². The Morgan fingerprint density at radius 3 is 1.35 bits per heavy atom. The second kappa shape index (κ2) is 7.75. The number of hydrogen-bond acceptors (Lipinski definition) is 0. The Labute approximate surface area is 145 Å². The maximum atomic E-state index is 3.73. The van der Waals surface area contributed by atoms with E-state index < -0.39 is 0 Å². The molecule has 0 aliphatic carbocycles. The van der Waals surface area contributed by atoms with Gasteiger partial charge in [0.25, 0.3) is 0 Å². The summed E-state index contributed by atoms with van der Waals surface area (Å²) < 4.78 is 1.11. The minimum atomic E-state index is 1.11. The first-order chi connectivity index (χ1) is 11.3. The lowest BCUT2D eigenvalue weighted by atomic mass is 10.1. The van der Waals surface area contributed by atoms with Gasteiger partial charge in [0.15, 0.2) is 0 Å². The van der Waals surface area contributed by atoms with E-state index in [1.807, 2.05) is 36.4 Å². The van der Waals surface area contributed by atoms with Crippen LogP contribution in [-0.2, 0) is 0 Å². The van der Waals surface area contributed by atoms with Crippen molar-refractivity contribution in [3.63, 3.8) is 0 Å². The van der Waals surface area contributed by atoms with Crippen LogP contribution in [0.4, 0.5) is 0 Å². The van der Waals surface area contributed by atoms with Crippen LogP contribution in [0.2, 0.25) is 0 Å². The fourth-order valence-corrected chi connectivity index (χ4v) is 2.85. The van der Waals surface area contributed by atoms with Crippen LogP contribution in [0.25, 0.3) is 24.3 Å². The molecule has 0 saturated carbocycles. The molecule has 0 unspecified atom stereocenters. The average Bonchev–Trinajstić information content (AvgIpc) is 2.61. The smallest absolute Gasteiger partial charge is 0.0320 e. The van der Waals surface area contributed by atoms with Crippen molar-refractivity contribution >= 4 is 40.2 Å². The van der Waals surface area contributed by atoms with Gasteiger partial charge in [0, 0.05) is 4.47 Å². The Bertz CT molecular complexity index is 747. The minimum absolute atomic E-state index is 1.11. The molecule has 0 saturated heterocycles. The third kappa shape index (κ3) is 4.30. The van der Waals surface area contributed by atoms with Crippen LogP contribution in [0, 0.1) is 0 Å². The molecule has 0 aliphatic rings. The average molecular weight is 361 g/mol. The fourth-order valence-electron chi connectivity index (χ4n) is 2.33. The van der Waals surface area contributed by atoms with Crippen molar-refractivity contribution < 1.29 is 0 Å². The Morgan fingerprint density at radius 1 is 0.478 bits per heavy atom. The van der Waals surface area contributed by atoms with E-state index >= 15 is 0 Å². The molecule has 1 heteroatoms. The zero-order valence-electron chi connectivity index (χ0n) is 12.7. The maximum absolute atomic E-state index is 3.73. The summed E-state index contributed by atoms with van der Waals surface area (Å²) in [7, 11) is 0. The lowest BCUT2D eigenvalue weighted by Crippen LogP contribution is -1.81. The first-order valence-corrected chi connectivity index (χ1v) is 8.37. The van der Waals surface area contributed by atoms with Crippen molar-refractivity contribution in [1.29, 1.82) is 0 Å². The summed E-state index contributed by atoms with van der Waals surface area (Å²) >= 11 is 3.73. The SMILES string of the molecule is Brc1c(/C=C/c2ccccc2)cccc1/C=C/c1ccccc1. The standard InChI is InChI=1S/C22H17Br/c23-22-20(16-14-18-8-3-1-4-9-18)12-7-13-21(22)17-15-19-10-5-2-6-11-19/h1-17H/b16-14+,17-15+. The molecule has 0 bridgehead atoms. The number of benzene rings is 3. The van der Waals surface area contributed by atoms with Gasteiger partial charge in [-0.1, -0.05) is 103 Å². The van der Waals surface area contributed by atoms with Gasteiger partial charge in [0.05, 0.1) is 0 Å². The normalized spacial score (nSPS) is 11.3. The largest absolute Gasteiger partial charge is 0.0622 e. The summed E-state index contributed by atoms with van der Waals surface area (Å²) in [5.41, 5.74) is 4.74. The zero-order chi connectivity index (χ0) is 15.9. The van der Waals surface area contributed by atoms with Crippen LogP contribution >= 0.6 is 15.9 Å². The molecule has 0 aromatic heterocycles. The number of halogens is 1. The quantitative estimate of drug-likeness (QED) is 0.449. The van der Waals surface area contributed by atoms with Crippen molar-refractivity contribution in [2.45, 2.75) is 0 Å². The summed E-state index contributed by atoms with van der Waals surface area (Å²) in [6.07, 6.45) is 8.54. The molecule has 3 aromatic carbocycles. The van der Waals surface area contributed by atoms with Gasteiger partial charge < -0.3 is 0 Å². The van der Waals surface area contributed by atoms with Gasteiger partial charge in [0.1, 0.15) is 0 Å². The first kappa shape index (κ1) is 15.5. The predicted molar refractivity (Wildman–Crippen MR) is 105 cm³/mol. The summed E-state index contributed by atoms with van der Waals surface area (Å²) in [5, 5.41) is 0. The van der Waals surface area contributed by atoms with E-state index in [4.69, 9.17) is 0 Å². The third-order valence-corrected chi connectivity index (χ3v) is 4.48. The van der Waals surface area contributed by atoms with E-state index in [2.05, 4.69) is 82.7 Å². The third-order valence-electron chi connectivity index (χ3n) is 3.57. The Balaban J connectivity index is 1.84. The van der Waals surface area contributed by atoms with Gasteiger partial charge >= 0.3 is 0 Å². The predicted octanol–water partition coefficient (Wildman–Crippen LogP) is 6.79. The molecule has 0 fully saturated rings. The van der Waals surface area contributed by atoms with Crippen LogP contribution < -0.4 is 0 Å². The minimum Gasteiger partial charge on any atom is -0.0622 e.